The van der Waals surface area contributed by atoms with E-state index in [1.54, 1.807) is 29.3 Å². The first-order chi connectivity index (χ1) is 8.75. The molecule has 0 aliphatic heterocycles. The molecule has 0 aliphatic carbocycles. The minimum atomic E-state index is 0.210. The second-order valence-corrected chi connectivity index (χ2v) is 6.83. The number of nitrogens with zero attached hydrogens (tertiary/aromatic N) is 1. The van der Waals surface area contributed by atoms with Gasteiger partial charge in [-0.15, -0.1) is 11.3 Å². The number of carbonyl (C=O) groups excluding carboxylic acids is 1. The van der Waals surface area contributed by atoms with Crippen LogP contribution >= 0.6 is 39.0 Å². The van der Waals surface area contributed by atoms with Crippen LogP contribution in [0, 0.1) is 0 Å². The van der Waals surface area contributed by atoms with Crippen LogP contribution < -0.4 is 0 Å². The molecule has 0 fully saturated rings. The first-order valence-electron chi connectivity index (χ1n) is 5.57. The van der Waals surface area contributed by atoms with Gasteiger partial charge in [0, 0.05) is 33.8 Å². The van der Waals surface area contributed by atoms with Crippen LogP contribution in [0.3, 0.4) is 0 Å². The van der Waals surface area contributed by atoms with Crippen molar-refractivity contribution in [2.24, 2.45) is 0 Å². The maximum atomic E-state index is 11.9. The molecule has 18 heavy (non-hydrogen) atoms. The summed E-state index contributed by atoms with van der Waals surface area (Å²) in [6.45, 7) is 0. The zero-order valence-electron chi connectivity index (χ0n) is 9.64. The van der Waals surface area contributed by atoms with Crippen molar-refractivity contribution in [1.29, 1.82) is 0 Å². The molecule has 0 atom stereocenters. The van der Waals surface area contributed by atoms with Crippen LogP contribution in [-0.4, -0.2) is 16.5 Å². The second-order valence-electron chi connectivity index (χ2n) is 3.68. The van der Waals surface area contributed by atoms with Crippen LogP contribution in [0.15, 0.2) is 44.7 Å². The van der Waals surface area contributed by atoms with E-state index < -0.39 is 0 Å². The molecule has 1 heterocycles. The molecule has 0 unspecified atom stereocenters. The van der Waals surface area contributed by atoms with Crippen molar-refractivity contribution < 1.29 is 4.79 Å². The summed E-state index contributed by atoms with van der Waals surface area (Å²) >= 11 is 6.72. The quantitative estimate of drug-likeness (QED) is 0.434. The summed E-state index contributed by atoms with van der Waals surface area (Å²) in [6, 6.07) is 7.52. The van der Waals surface area contributed by atoms with Gasteiger partial charge in [-0.2, -0.15) is 0 Å². The molecule has 2 aromatic rings. The Bertz CT molecular complexity index is 496. The molecule has 0 bridgehead atoms. The van der Waals surface area contributed by atoms with Crippen molar-refractivity contribution in [1.82, 2.24) is 4.98 Å². The number of thioether (sulfide) groups is 1. The van der Waals surface area contributed by atoms with Gasteiger partial charge in [0.2, 0.25) is 0 Å². The number of thiazole rings is 1. The van der Waals surface area contributed by atoms with E-state index in [1.807, 2.05) is 29.6 Å². The van der Waals surface area contributed by atoms with Gasteiger partial charge in [0.25, 0.3) is 0 Å². The van der Waals surface area contributed by atoms with Crippen LogP contribution in [-0.2, 0) is 0 Å². The maximum Gasteiger partial charge on any atom is 0.162 e. The van der Waals surface area contributed by atoms with E-state index in [-0.39, 0.29) is 5.78 Å². The zero-order chi connectivity index (χ0) is 12.8. The predicted octanol–water partition coefficient (Wildman–Crippen LogP) is 4.66. The molecule has 1 aromatic heterocycles. The summed E-state index contributed by atoms with van der Waals surface area (Å²) in [6.07, 6.45) is 3.29. The molecule has 0 amide bonds. The molecule has 0 saturated carbocycles. The second kappa shape index (κ2) is 7.07. The molecule has 0 aliphatic rings. The molecular formula is C13H12BrNOS2. The van der Waals surface area contributed by atoms with Crippen molar-refractivity contribution >= 4 is 44.8 Å². The summed E-state index contributed by atoms with van der Waals surface area (Å²) in [4.78, 5) is 16.1. The summed E-state index contributed by atoms with van der Waals surface area (Å²) in [5.41, 5.74) is 0.789. The molecule has 2 nitrogen and oxygen atoms in total. The van der Waals surface area contributed by atoms with E-state index >= 15 is 0 Å². The lowest BCUT2D eigenvalue weighted by Gasteiger charge is -2.01. The van der Waals surface area contributed by atoms with E-state index in [1.165, 1.54) is 0 Å². The van der Waals surface area contributed by atoms with E-state index in [9.17, 15) is 4.79 Å². The third-order valence-corrected chi connectivity index (χ3v) is 4.93. The predicted molar refractivity (Wildman–Crippen MR) is 80.5 cm³/mol. The van der Waals surface area contributed by atoms with E-state index in [4.69, 9.17) is 0 Å². The van der Waals surface area contributed by atoms with Gasteiger partial charge in [-0.3, -0.25) is 4.79 Å². The third kappa shape index (κ3) is 4.23. The Balaban J connectivity index is 1.73. The van der Waals surface area contributed by atoms with Gasteiger partial charge in [0.05, 0.1) is 0 Å². The number of rotatable bonds is 6. The van der Waals surface area contributed by atoms with E-state index in [0.29, 0.717) is 6.42 Å². The number of benzene rings is 1. The Kier molecular flexibility index (Phi) is 5.41. The highest BCUT2D eigenvalue weighted by Crippen LogP contribution is 2.21. The average molecular weight is 342 g/mol. The van der Waals surface area contributed by atoms with Crippen LogP contribution in [0.1, 0.15) is 23.2 Å². The molecule has 0 N–H and O–H groups in total. The highest BCUT2D eigenvalue weighted by atomic mass is 79.9. The van der Waals surface area contributed by atoms with Crippen LogP contribution in [0.5, 0.6) is 0 Å². The number of Topliss-reactive ketones (excluding diaryl/α,β-unsaturated/α-hetero) is 1. The van der Waals surface area contributed by atoms with Crippen molar-refractivity contribution in [2.75, 3.05) is 5.75 Å². The van der Waals surface area contributed by atoms with Gasteiger partial charge in [0.1, 0.15) is 4.34 Å². The highest BCUT2D eigenvalue weighted by Gasteiger charge is 2.05. The molecular weight excluding hydrogens is 330 g/mol. The van der Waals surface area contributed by atoms with Gasteiger partial charge in [-0.05, 0) is 18.6 Å². The summed E-state index contributed by atoms with van der Waals surface area (Å²) in [7, 11) is 0. The normalized spacial score (nSPS) is 10.5. The molecule has 0 spiro atoms. The largest absolute Gasteiger partial charge is 0.294 e. The van der Waals surface area contributed by atoms with Gasteiger partial charge in [-0.1, -0.05) is 39.8 Å². The van der Waals surface area contributed by atoms with Crippen molar-refractivity contribution in [3.05, 3.63) is 45.9 Å². The summed E-state index contributed by atoms with van der Waals surface area (Å²) in [5.74, 6) is 1.15. The van der Waals surface area contributed by atoms with Crippen molar-refractivity contribution in [3.63, 3.8) is 0 Å². The lowest BCUT2D eigenvalue weighted by Crippen LogP contribution is -1.99. The fraction of sp³-hybridized carbons (Fsp3) is 0.231. The Hall–Kier alpha value is -0.650. The number of halogens is 1. The Labute approximate surface area is 123 Å². The maximum absolute atomic E-state index is 11.9. The first-order valence-corrected chi connectivity index (χ1v) is 8.22. The van der Waals surface area contributed by atoms with Crippen LogP contribution in [0.4, 0.5) is 0 Å². The lowest BCUT2D eigenvalue weighted by molar-refractivity contribution is 0.0982. The first kappa shape index (κ1) is 13.8. The van der Waals surface area contributed by atoms with E-state index in [2.05, 4.69) is 20.9 Å². The average Bonchev–Trinajstić information content (AvgIpc) is 2.88. The highest BCUT2D eigenvalue weighted by molar-refractivity contribution is 9.10. The minimum Gasteiger partial charge on any atom is -0.294 e. The molecule has 2 rings (SSSR count). The fourth-order valence-corrected chi connectivity index (χ4v) is 3.37. The molecule has 1 aromatic carbocycles. The Morgan fingerprint density at radius 3 is 2.78 bits per heavy atom. The number of ketones is 1. The minimum absolute atomic E-state index is 0.210. The Morgan fingerprint density at radius 1 is 1.33 bits per heavy atom. The third-order valence-electron chi connectivity index (χ3n) is 2.35. The number of hydrogen-bond donors (Lipinski definition) is 0. The Morgan fingerprint density at radius 2 is 2.11 bits per heavy atom. The smallest absolute Gasteiger partial charge is 0.162 e. The summed E-state index contributed by atoms with van der Waals surface area (Å²) < 4.78 is 2.07. The summed E-state index contributed by atoms with van der Waals surface area (Å²) in [5, 5.41) is 1.97. The monoisotopic (exact) mass is 341 g/mol. The standard InChI is InChI=1S/C13H12BrNOS2/c14-11-5-3-10(4-6-11)12(16)2-1-8-17-13-15-7-9-18-13/h3-7,9H,1-2,8H2. The van der Waals surface area contributed by atoms with E-state index in [0.717, 1.165) is 26.5 Å². The number of hydrogen-bond acceptors (Lipinski definition) is 4. The molecule has 0 radical (unpaired) electrons. The molecule has 0 saturated heterocycles. The molecule has 5 heteroatoms. The van der Waals surface area contributed by atoms with Crippen LogP contribution in [0.25, 0.3) is 0 Å². The van der Waals surface area contributed by atoms with Crippen LogP contribution in [0.2, 0.25) is 0 Å². The fourth-order valence-electron chi connectivity index (χ4n) is 1.45. The van der Waals surface area contributed by atoms with Gasteiger partial charge >= 0.3 is 0 Å². The SMILES string of the molecule is O=C(CCCSc1nccs1)c1ccc(Br)cc1. The number of aromatic nitrogens is 1. The van der Waals surface area contributed by atoms with Gasteiger partial charge < -0.3 is 0 Å². The van der Waals surface area contributed by atoms with Crippen molar-refractivity contribution in [3.8, 4) is 0 Å². The zero-order valence-corrected chi connectivity index (χ0v) is 12.9. The van der Waals surface area contributed by atoms with Gasteiger partial charge in [0.15, 0.2) is 5.78 Å². The molecule has 94 valence electrons. The van der Waals surface area contributed by atoms with Gasteiger partial charge in [-0.25, -0.2) is 4.98 Å². The topological polar surface area (TPSA) is 30.0 Å². The number of carbonyl (C=O) groups is 1. The lowest BCUT2D eigenvalue weighted by atomic mass is 10.1. The van der Waals surface area contributed by atoms with Crippen molar-refractivity contribution in [2.45, 2.75) is 17.2 Å².